The fourth-order valence-corrected chi connectivity index (χ4v) is 8.41. The molecule has 0 saturated carbocycles. The highest BCUT2D eigenvalue weighted by atomic mass is 16.6. The van der Waals surface area contributed by atoms with Gasteiger partial charge in [0.25, 0.3) is 0 Å². The van der Waals surface area contributed by atoms with Crippen molar-refractivity contribution in [1.29, 1.82) is 0 Å². The van der Waals surface area contributed by atoms with Crippen molar-refractivity contribution >= 4 is 11.9 Å². The van der Waals surface area contributed by atoms with Crippen molar-refractivity contribution in [2.45, 2.75) is 277 Å². The van der Waals surface area contributed by atoms with Crippen LogP contribution in [0.2, 0.25) is 0 Å². The van der Waals surface area contributed by atoms with Gasteiger partial charge in [-0.05, 0) is 109 Å². The molecule has 5 heteroatoms. The molecule has 0 bridgehead atoms. The van der Waals surface area contributed by atoms with Crippen molar-refractivity contribution in [2.24, 2.45) is 0 Å². The molecule has 0 saturated heterocycles. The molecule has 5 nitrogen and oxygen atoms in total. The number of aliphatic hydroxyl groups is 1. The second-order valence-corrected chi connectivity index (χ2v) is 20.0. The minimum atomic E-state index is -0.783. The molecule has 1 atom stereocenters. The van der Waals surface area contributed by atoms with Gasteiger partial charge in [-0.25, -0.2) is 0 Å². The van der Waals surface area contributed by atoms with Gasteiger partial charge in [-0.1, -0.05) is 282 Å². The Morgan fingerprint density at radius 1 is 0.311 bits per heavy atom. The summed E-state index contributed by atoms with van der Waals surface area (Å²) in [4.78, 5) is 24.6. The predicted molar refractivity (Wildman–Crippen MR) is 324 cm³/mol. The highest BCUT2D eigenvalue weighted by Gasteiger charge is 2.16. The third kappa shape index (κ3) is 60.6. The van der Waals surface area contributed by atoms with Crippen LogP contribution in [0.25, 0.3) is 0 Å². The van der Waals surface area contributed by atoms with Gasteiger partial charge in [0.1, 0.15) is 6.61 Å². The number of unbranched alkanes of at least 4 members (excludes halogenated alkanes) is 25. The first-order valence-corrected chi connectivity index (χ1v) is 30.7. The molecule has 420 valence electrons. The highest BCUT2D eigenvalue weighted by molar-refractivity contribution is 5.70. The number of carbonyl (C=O) groups is 2. The summed E-state index contributed by atoms with van der Waals surface area (Å²) in [6.07, 6.45) is 94.4. The van der Waals surface area contributed by atoms with E-state index >= 15 is 0 Å². The lowest BCUT2D eigenvalue weighted by molar-refractivity contribution is -0.161. The summed E-state index contributed by atoms with van der Waals surface area (Å²) >= 11 is 0. The molecule has 0 fully saturated rings. The second kappa shape index (κ2) is 63.3. The molecule has 0 aromatic rings. The van der Waals surface area contributed by atoms with E-state index in [0.717, 1.165) is 109 Å². The van der Waals surface area contributed by atoms with Gasteiger partial charge in [-0.3, -0.25) is 9.59 Å². The monoisotopic (exact) mass is 1020 g/mol. The van der Waals surface area contributed by atoms with E-state index < -0.39 is 6.10 Å². The maximum Gasteiger partial charge on any atom is 0.306 e. The van der Waals surface area contributed by atoms with E-state index in [1.54, 1.807) is 0 Å². The van der Waals surface area contributed by atoms with Gasteiger partial charge in [0.2, 0.25) is 0 Å². The average Bonchev–Trinajstić information content (AvgIpc) is 3.40. The first-order valence-electron chi connectivity index (χ1n) is 30.7. The largest absolute Gasteiger partial charge is 0.462 e. The molecule has 1 unspecified atom stereocenters. The quantitative estimate of drug-likeness (QED) is 0.0373. The van der Waals surface area contributed by atoms with E-state index in [2.05, 4.69) is 148 Å². The summed E-state index contributed by atoms with van der Waals surface area (Å²) in [5.74, 6) is -0.596. The molecule has 0 aromatic heterocycles. The molecule has 0 radical (unpaired) electrons. The number of esters is 2. The fourth-order valence-electron chi connectivity index (χ4n) is 8.41. The van der Waals surface area contributed by atoms with Gasteiger partial charge in [0, 0.05) is 12.8 Å². The molecule has 0 amide bonds. The van der Waals surface area contributed by atoms with Crippen molar-refractivity contribution in [1.82, 2.24) is 0 Å². The first-order chi connectivity index (χ1) is 36.6. The van der Waals surface area contributed by atoms with E-state index in [0.29, 0.717) is 12.8 Å². The van der Waals surface area contributed by atoms with Gasteiger partial charge in [0.15, 0.2) is 6.10 Å². The van der Waals surface area contributed by atoms with Crippen LogP contribution in [0.3, 0.4) is 0 Å². The predicted octanol–water partition coefficient (Wildman–Crippen LogP) is 21.2. The summed E-state index contributed by atoms with van der Waals surface area (Å²) < 4.78 is 10.7. The number of hydrogen-bond acceptors (Lipinski definition) is 5. The van der Waals surface area contributed by atoms with Crippen LogP contribution in [-0.4, -0.2) is 36.4 Å². The molecule has 0 aromatic carbocycles. The Kier molecular flexibility index (Phi) is 59.9. The molecular formula is C69H114O5. The van der Waals surface area contributed by atoms with Gasteiger partial charge in [-0.15, -0.1) is 0 Å². The lowest BCUT2D eigenvalue weighted by Gasteiger charge is -2.15. The molecule has 0 heterocycles. The SMILES string of the molecule is CC/C=C\C/C=C\C/C=C\C/C=C\C/C=C\C/C=C\C/C=C\CCCCCCCCCCCCCCCCCC(=O)OC(CO)COC(=O)CCCCCCCCCCCC/C=C\C/C=C\C/C=C\C/C=C\CC. The molecule has 1 N–H and O–H groups in total. The molecule has 74 heavy (non-hydrogen) atoms. The Hall–Kier alpha value is -3.96. The zero-order chi connectivity index (χ0) is 53.4. The highest BCUT2D eigenvalue weighted by Crippen LogP contribution is 2.16. The van der Waals surface area contributed by atoms with Crippen LogP contribution in [-0.2, 0) is 19.1 Å². The van der Waals surface area contributed by atoms with Crippen LogP contribution in [0.4, 0.5) is 0 Å². The molecule has 0 rings (SSSR count). The lowest BCUT2D eigenvalue weighted by atomic mass is 10.0. The third-order valence-electron chi connectivity index (χ3n) is 12.9. The second-order valence-electron chi connectivity index (χ2n) is 20.0. The number of carbonyl (C=O) groups excluding carboxylic acids is 2. The van der Waals surface area contributed by atoms with Crippen LogP contribution in [0.1, 0.15) is 271 Å². The fraction of sp³-hybridized carbons (Fsp3) is 0.652. The van der Waals surface area contributed by atoms with E-state index in [1.807, 2.05) is 0 Å². The summed E-state index contributed by atoms with van der Waals surface area (Å²) in [6, 6.07) is 0. The molecule has 0 aliphatic rings. The molecule has 0 aliphatic carbocycles. The van der Waals surface area contributed by atoms with Crippen molar-refractivity contribution in [2.75, 3.05) is 13.2 Å². The van der Waals surface area contributed by atoms with Gasteiger partial charge in [0.05, 0.1) is 6.61 Å². The van der Waals surface area contributed by atoms with Crippen LogP contribution in [0.15, 0.2) is 134 Å². The van der Waals surface area contributed by atoms with Crippen LogP contribution in [0.5, 0.6) is 0 Å². The van der Waals surface area contributed by atoms with Gasteiger partial charge < -0.3 is 14.6 Å². The van der Waals surface area contributed by atoms with Crippen LogP contribution in [0, 0.1) is 0 Å². The Morgan fingerprint density at radius 2 is 0.541 bits per heavy atom. The minimum absolute atomic E-state index is 0.0732. The van der Waals surface area contributed by atoms with Crippen LogP contribution < -0.4 is 0 Å². The zero-order valence-corrected chi connectivity index (χ0v) is 48.1. The van der Waals surface area contributed by atoms with E-state index in [-0.39, 0.29) is 25.2 Å². The third-order valence-corrected chi connectivity index (χ3v) is 12.9. The van der Waals surface area contributed by atoms with Gasteiger partial charge in [-0.2, -0.15) is 0 Å². The van der Waals surface area contributed by atoms with Crippen molar-refractivity contribution in [3.8, 4) is 0 Å². The van der Waals surface area contributed by atoms with Gasteiger partial charge >= 0.3 is 11.9 Å². The Bertz CT molecular complexity index is 1530. The Labute approximate surface area is 457 Å². The summed E-state index contributed by atoms with van der Waals surface area (Å²) in [5, 5.41) is 9.67. The standard InChI is InChI=1S/C69H114O5/c1-3-5-7-9-11-13-15-17-19-21-23-25-27-28-29-30-31-32-33-34-35-36-37-38-39-40-42-44-46-48-50-52-54-56-58-60-62-64-69(72)74-67(65-70)66-73-68(71)63-61-59-57-55-53-51-49-47-45-43-41-26-24-22-20-18-16-14-12-10-8-6-4-2/h5-8,11-14,17-20,23-26,28-29,31-32,34-35,67,70H,3-4,9-10,15-16,21-22,27,30,33,36-66H2,1-2H3/b7-5-,8-6-,13-11-,14-12-,19-17-,20-18-,25-23-,26-24-,29-28-,32-31-,35-34-. The molecule has 0 aliphatic heterocycles. The van der Waals surface area contributed by atoms with E-state index in [1.165, 1.54) is 135 Å². The summed E-state index contributed by atoms with van der Waals surface area (Å²) in [6.45, 7) is 3.92. The zero-order valence-electron chi connectivity index (χ0n) is 48.1. The number of ether oxygens (including phenoxy) is 2. The van der Waals surface area contributed by atoms with Crippen molar-refractivity contribution in [3.63, 3.8) is 0 Å². The number of hydrogen-bond donors (Lipinski definition) is 1. The van der Waals surface area contributed by atoms with E-state index in [4.69, 9.17) is 9.47 Å². The van der Waals surface area contributed by atoms with Crippen molar-refractivity contribution < 1.29 is 24.2 Å². The first kappa shape index (κ1) is 70.0. The minimum Gasteiger partial charge on any atom is -0.462 e. The number of aliphatic hydroxyl groups excluding tert-OH is 1. The maximum atomic E-state index is 12.3. The average molecular weight is 1020 g/mol. The number of allylic oxidation sites excluding steroid dienone is 22. The summed E-state index contributed by atoms with van der Waals surface area (Å²) in [5.41, 5.74) is 0. The Balaban J connectivity index is 3.51. The normalized spacial score (nSPS) is 13.2. The maximum absolute atomic E-state index is 12.3. The van der Waals surface area contributed by atoms with Crippen molar-refractivity contribution in [3.05, 3.63) is 134 Å². The Morgan fingerprint density at radius 3 is 0.811 bits per heavy atom. The van der Waals surface area contributed by atoms with E-state index in [9.17, 15) is 14.7 Å². The smallest absolute Gasteiger partial charge is 0.306 e. The lowest BCUT2D eigenvalue weighted by Crippen LogP contribution is -2.28. The molecule has 0 spiro atoms. The number of rotatable bonds is 55. The van der Waals surface area contributed by atoms with Crippen LogP contribution >= 0.6 is 0 Å². The topological polar surface area (TPSA) is 72.8 Å². The summed E-state index contributed by atoms with van der Waals surface area (Å²) in [7, 11) is 0. The molecular weight excluding hydrogens is 909 g/mol.